The second-order valence-corrected chi connectivity index (χ2v) is 4.79. The summed E-state index contributed by atoms with van der Waals surface area (Å²) < 4.78 is 33.1. The van der Waals surface area contributed by atoms with Crippen LogP contribution in [0.2, 0.25) is 0 Å². The summed E-state index contributed by atoms with van der Waals surface area (Å²) in [6, 6.07) is 3.41. The van der Waals surface area contributed by atoms with Gasteiger partial charge in [0.15, 0.2) is 13.1 Å². The highest BCUT2D eigenvalue weighted by molar-refractivity contribution is 6.52. The Balaban J connectivity index is 1.92. The summed E-state index contributed by atoms with van der Waals surface area (Å²) in [5, 5.41) is 9.85. The number of Topliss-reactive ketones (excluding diaryl/α,β-unsaturated/α-hetero) is 1. The van der Waals surface area contributed by atoms with Gasteiger partial charge in [-0.1, -0.05) is 0 Å². The van der Waals surface area contributed by atoms with Crippen LogP contribution in [-0.2, 0) is 23.7 Å². The number of anilines is 1. The summed E-state index contributed by atoms with van der Waals surface area (Å²) in [4.78, 5) is 24.8. The van der Waals surface area contributed by atoms with Crippen LogP contribution in [0.5, 0.6) is 0 Å². The third kappa shape index (κ3) is 4.13. The summed E-state index contributed by atoms with van der Waals surface area (Å²) in [5.74, 6) is -2.31. The Hall–Kier alpha value is -1.91. The lowest BCUT2D eigenvalue weighted by Crippen LogP contribution is -2.38. The number of carbonyl (C=O) groups excluding carboxylic acids is 2. The van der Waals surface area contributed by atoms with E-state index in [0.717, 1.165) is 17.0 Å². The average Bonchev–Trinajstić information content (AvgIpc) is 2.78. The maximum Gasteiger partial charge on any atom is 0.299 e. The molecule has 9 heteroatoms. The topological polar surface area (TPSA) is 94.5 Å². The fourth-order valence-electron chi connectivity index (χ4n) is 2.16. The van der Waals surface area contributed by atoms with Crippen LogP contribution in [0.1, 0.15) is 17.3 Å². The monoisotopic (exact) mass is 343 g/mol. The number of fused-ring (bicyclic) bond motifs is 1. The molecule has 0 radical (unpaired) electrons. The number of benzene rings is 1. The molecule has 24 heavy (non-hydrogen) atoms. The molecule has 1 amide bonds. The minimum absolute atomic E-state index is 0.0424. The molecule has 0 saturated carbocycles. The number of aliphatic hydroxyl groups is 1. The van der Waals surface area contributed by atoms with Gasteiger partial charge in [0.2, 0.25) is 0 Å². The van der Waals surface area contributed by atoms with Crippen LogP contribution < -0.4 is 4.90 Å². The highest BCUT2D eigenvalue weighted by Crippen LogP contribution is 2.29. The number of amides is 1. The summed E-state index contributed by atoms with van der Waals surface area (Å²) in [7, 11) is 1.38. The Morgan fingerprint density at radius 1 is 1.25 bits per heavy atom. The molecule has 1 aliphatic heterocycles. The van der Waals surface area contributed by atoms with E-state index in [1.165, 1.54) is 13.2 Å². The molecular weight excluding hydrogens is 325 g/mol. The number of hydrogen-bond acceptors (Lipinski definition) is 7. The Morgan fingerprint density at radius 2 is 2.00 bits per heavy atom. The predicted molar refractivity (Wildman–Crippen MR) is 78.6 cm³/mol. The fourth-order valence-corrected chi connectivity index (χ4v) is 2.16. The van der Waals surface area contributed by atoms with Gasteiger partial charge in [0.25, 0.3) is 18.2 Å². The molecule has 1 aromatic carbocycles. The number of halogens is 1. The zero-order chi connectivity index (χ0) is 17.7. The van der Waals surface area contributed by atoms with Gasteiger partial charge in [0.05, 0.1) is 17.8 Å². The molecule has 0 aliphatic carbocycles. The van der Waals surface area contributed by atoms with Gasteiger partial charge in [-0.2, -0.15) is 0 Å². The Bertz CT molecular complexity index is 609. The SMILES string of the molecule is CCOC(OC)OCOC(O)CN1C(=O)C(=O)c2cc(F)ccc21. The summed E-state index contributed by atoms with van der Waals surface area (Å²) in [6.07, 6.45) is -1.42. The standard InChI is InChI=1S/C15H18FNO7/c1-3-22-15(21-2)24-8-23-12(18)7-17-11-5-4-9(16)6-10(11)13(19)14(17)20/h4-6,12,15,18H,3,7-8H2,1-2H3. The van der Waals surface area contributed by atoms with Crippen molar-refractivity contribution in [2.24, 2.45) is 0 Å². The summed E-state index contributed by atoms with van der Waals surface area (Å²) in [6.45, 7) is 0.506. The average molecular weight is 343 g/mol. The molecule has 2 rings (SSSR count). The molecule has 2 unspecified atom stereocenters. The van der Waals surface area contributed by atoms with Gasteiger partial charge < -0.3 is 24.1 Å². The van der Waals surface area contributed by atoms with Crippen LogP contribution in [-0.4, -0.2) is 56.6 Å². The first-order valence-electron chi connectivity index (χ1n) is 7.19. The lowest BCUT2D eigenvalue weighted by molar-refractivity contribution is -0.315. The Morgan fingerprint density at radius 3 is 2.67 bits per heavy atom. The van der Waals surface area contributed by atoms with E-state index in [9.17, 15) is 19.1 Å². The zero-order valence-corrected chi connectivity index (χ0v) is 13.2. The molecule has 0 fully saturated rings. The smallest absolute Gasteiger partial charge is 0.299 e. The minimum atomic E-state index is -1.42. The van der Waals surface area contributed by atoms with Crippen molar-refractivity contribution in [1.29, 1.82) is 0 Å². The first-order valence-corrected chi connectivity index (χ1v) is 7.19. The van der Waals surface area contributed by atoms with E-state index in [1.54, 1.807) is 6.92 Å². The number of ketones is 1. The minimum Gasteiger partial charge on any atom is -0.366 e. The van der Waals surface area contributed by atoms with Crippen LogP contribution in [0.15, 0.2) is 18.2 Å². The van der Waals surface area contributed by atoms with Crippen molar-refractivity contribution in [2.75, 3.05) is 32.0 Å². The molecule has 1 heterocycles. The highest BCUT2D eigenvalue weighted by atomic mass is 19.1. The normalized spacial score (nSPS) is 16.4. The van der Waals surface area contributed by atoms with Gasteiger partial charge in [0, 0.05) is 13.7 Å². The summed E-state index contributed by atoms with van der Waals surface area (Å²) in [5.41, 5.74) is 0.179. The van der Waals surface area contributed by atoms with Crippen LogP contribution in [0, 0.1) is 5.82 Å². The molecule has 1 aliphatic rings. The molecular formula is C15H18FNO7. The molecule has 0 spiro atoms. The van der Waals surface area contributed by atoms with Crippen LogP contribution in [0.3, 0.4) is 0 Å². The van der Waals surface area contributed by atoms with Crippen molar-refractivity contribution in [1.82, 2.24) is 0 Å². The maximum absolute atomic E-state index is 13.2. The number of β-amino-alcohol motifs (C(OH)–C–C–N with tert-alkyl or cyclic N) is 1. The number of aliphatic hydroxyl groups excluding tert-OH is 1. The molecule has 2 atom stereocenters. The van der Waals surface area contributed by atoms with Crippen molar-refractivity contribution in [3.05, 3.63) is 29.6 Å². The molecule has 0 bridgehead atoms. The van der Waals surface area contributed by atoms with Crippen molar-refractivity contribution in [2.45, 2.75) is 19.7 Å². The van der Waals surface area contributed by atoms with Gasteiger partial charge in [-0.25, -0.2) is 4.39 Å². The van der Waals surface area contributed by atoms with Crippen LogP contribution in [0.25, 0.3) is 0 Å². The molecule has 0 aromatic heterocycles. The van der Waals surface area contributed by atoms with Crippen molar-refractivity contribution < 1.29 is 38.0 Å². The second kappa shape index (κ2) is 8.27. The number of nitrogens with zero attached hydrogens (tertiary/aromatic N) is 1. The van der Waals surface area contributed by atoms with Crippen LogP contribution >= 0.6 is 0 Å². The van der Waals surface area contributed by atoms with E-state index in [1.807, 2.05) is 0 Å². The van der Waals surface area contributed by atoms with E-state index < -0.39 is 30.3 Å². The van der Waals surface area contributed by atoms with Gasteiger partial charge in [0.1, 0.15) is 5.82 Å². The van der Waals surface area contributed by atoms with E-state index in [2.05, 4.69) is 0 Å². The molecule has 132 valence electrons. The van der Waals surface area contributed by atoms with E-state index in [4.69, 9.17) is 18.9 Å². The number of carbonyl (C=O) groups is 2. The van der Waals surface area contributed by atoms with Gasteiger partial charge in [-0.05, 0) is 25.1 Å². The molecule has 8 nitrogen and oxygen atoms in total. The second-order valence-electron chi connectivity index (χ2n) is 4.79. The van der Waals surface area contributed by atoms with E-state index >= 15 is 0 Å². The molecule has 0 saturated heterocycles. The van der Waals surface area contributed by atoms with E-state index in [0.29, 0.717) is 6.61 Å². The lowest BCUT2D eigenvalue weighted by atomic mass is 10.1. The quantitative estimate of drug-likeness (QED) is 0.519. The van der Waals surface area contributed by atoms with Crippen molar-refractivity contribution in [3.8, 4) is 0 Å². The predicted octanol–water partition coefficient (Wildman–Crippen LogP) is 0.631. The van der Waals surface area contributed by atoms with Crippen LogP contribution in [0.4, 0.5) is 10.1 Å². The Kier molecular flexibility index (Phi) is 6.35. The number of methoxy groups -OCH3 is 1. The van der Waals surface area contributed by atoms with E-state index in [-0.39, 0.29) is 24.6 Å². The highest BCUT2D eigenvalue weighted by Gasteiger charge is 2.37. The third-order valence-electron chi connectivity index (χ3n) is 3.23. The molecule has 1 N–H and O–H groups in total. The van der Waals surface area contributed by atoms with Gasteiger partial charge >= 0.3 is 0 Å². The number of hydrogen-bond donors (Lipinski definition) is 1. The van der Waals surface area contributed by atoms with Gasteiger partial charge in [-0.3, -0.25) is 14.5 Å². The number of ether oxygens (including phenoxy) is 4. The lowest BCUT2D eigenvalue weighted by Gasteiger charge is -2.21. The summed E-state index contributed by atoms with van der Waals surface area (Å²) >= 11 is 0. The zero-order valence-electron chi connectivity index (χ0n) is 13.2. The Labute approximate surface area is 137 Å². The fraction of sp³-hybridized carbons (Fsp3) is 0.467. The van der Waals surface area contributed by atoms with Crippen molar-refractivity contribution in [3.63, 3.8) is 0 Å². The largest absolute Gasteiger partial charge is 0.366 e. The first kappa shape index (κ1) is 18.4. The maximum atomic E-state index is 13.2. The third-order valence-corrected chi connectivity index (χ3v) is 3.23. The van der Waals surface area contributed by atoms with Crippen molar-refractivity contribution >= 4 is 17.4 Å². The van der Waals surface area contributed by atoms with Gasteiger partial charge in [-0.15, -0.1) is 0 Å². The molecule has 1 aromatic rings. The first-order chi connectivity index (χ1) is 11.5. The number of rotatable bonds is 9.